The Balaban J connectivity index is 2.23. The minimum atomic E-state index is -0.0644. The molecule has 1 atom stereocenters. The summed E-state index contributed by atoms with van der Waals surface area (Å²) in [5, 5.41) is 2.88. The number of ether oxygens (including phenoxy) is 1. The summed E-state index contributed by atoms with van der Waals surface area (Å²) >= 11 is 0. The lowest BCUT2D eigenvalue weighted by Gasteiger charge is -2.17. The van der Waals surface area contributed by atoms with Crippen LogP contribution in [0.5, 0.6) is 0 Å². The number of hydrogen-bond acceptors (Lipinski definition) is 2. The Hall–Kier alpha value is -1.35. The molecule has 0 bridgehead atoms. The van der Waals surface area contributed by atoms with E-state index in [0.29, 0.717) is 12.5 Å². The molecule has 1 unspecified atom stereocenters. The van der Waals surface area contributed by atoms with E-state index < -0.39 is 0 Å². The fraction of sp³-hybridized carbons (Fsp3) is 0.708. The predicted molar refractivity (Wildman–Crippen MR) is 116 cm³/mol. The van der Waals surface area contributed by atoms with E-state index in [1.54, 1.807) is 0 Å². The van der Waals surface area contributed by atoms with Gasteiger partial charge in [-0.3, -0.25) is 4.79 Å². The van der Waals surface area contributed by atoms with Gasteiger partial charge in [0.2, 0.25) is 5.91 Å². The van der Waals surface area contributed by atoms with Crippen LogP contribution in [0.4, 0.5) is 5.69 Å². The van der Waals surface area contributed by atoms with Crippen molar-refractivity contribution in [3.63, 3.8) is 0 Å². The lowest BCUT2D eigenvalue weighted by atomic mass is 9.95. The first-order valence-electron chi connectivity index (χ1n) is 11.2. The summed E-state index contributed by atoms with van der Waals surface area (Å²) in [6, 6.07) is 9.57. The molecule has 154 valence electrons. The first-order valence-corrected chi connectivity index (χ1v) is 11.2. The van der Waals surface area contributed by atoms with Crippen LogP contribution in [0.3, 0.4) is 0 Å². The Morgan fingerprint density at radius 1 is 0.852 bits per heavy atom. The fourth-order valence-electron chi connectivity index (χ4n) is 3.42. The van der Waals surface area contributed by atoms with E-state index >= 15 is 0 Å². The molecule has 1 rings (SSSR count). The molecular weight excluding hydrogens is 334 g/mol. The highest BCUT2D eigenvalue weighted by Gasteiger charge is 2.11. The third-order valence-electron chi connectivity index (χ3n) is 5.08. The van der Waals surface area contributed by atoms with Crippen molar-refractivity contribution in [1.82, 2.24) is 0 Å². The lowest BCUT2D eigenvalue weighted by Crippen LogP contribution is -2.21. The van der Waals surface area contributed by atoms with Crippen molar-refractivity contribution in [3.05, 3.63) is 30.3 Å². The number of carbonyl (C=O) groups is 1. The fourth-order valence-corrected chi connectivity index (χ4v) is 3.42. The largest absolute Gasteiger partial charge is 0.371 e. The van der Waals surface area contributed by atoms with E-state index in [4.69, 9.17) is 4.74 Å². The Morgan fingerprint density at radius 2 is 1.41 bits per heavy atom. The molecule has 1 amide bonds. The van der Waals surface area contributed by atoms with Gasteiger partial charge in [-0.2, -0.15) is 0 Å². The molecule has 27 heavy (non-hydrogen) atoms. The van der Waals surface area contributed by atoms with E-state index in [1.165, 1.54) is 77.0 Å². The Kier molecular flexibility index (Phi) is 14.7. The number of amides is 1. The van der Waals surface area contributed by atoms with Crippen molar-refractivity contribution in [2.24, 2.45) is 5.92 Å². The highest BCUT2D eigenvalue weighted by Crippen LogP contribution is 2.19. The van der Waals surface area contributed by atoms with Crippen LogP contribution in [-0.2, 0) is 9.53 Å². The first kappa shape index (κ1) is 23.7. The third-order valence-corrected chi connectivity index (χ3v) is 5.08. The highest BCUT2D eigenvalue weighted by atomic mass is 16.5. The van der Waals surface area contributed by atoms with Crippen molar-refractivity contribution in [2.45, 2.75) is 90.9 Å². The average Bonchev–Trinajstić information content (AvgIpc) is 2.68. The van der Waals surface area contributed by atoms with Crippen LogP contribution in [-0.4, -0.2) is 19.1 Å². The second-order valence-corrected chi connectivity index (χ2v) is 7.70. The van der Waals surface area contributed by atoms with E-state index in [-0.39, 0.29) is 12.5 Å². The molecule has 0 radical (unpaired) electrons. The number of nitrogens with one attached hydrogen (secondary N) is 1. The van der Waals surface area contributed by atoms with Crippen molar-refractivity contribution in [3.8, 4) is 0 Å². The summed E-state index contributed by atoms with van der Waals surface area (Å²) in [6.07, 6.45) is 15.7. The van der Waals surface area contributed by atoms with Crippen LogP contribution in [0.2, 0.25) is 0 Å². The molecular formula is C24H41NO2. The zero-order valence-electron chi connectivity index (χ0n) is 17.7. The van der Waals surface area contributed by atoms with Crippen LogP contribution in [0, 0.1) is 5.92 Å². The van der Waals surface area contributed by atoms with E-state index in [1.807, 2.05) is 30.3 Å². The Morgan fingerprint density at radius 3 is 2.04 bits per heavy atom. The van der Waals surface area contributed by atoms with Gasteiger partial charge in [-0.1, -0.05) is 96.3 Å². The van der Waals surface area contributed by atoms with Gasteiger partial charge in [-0.25, -0.2) is 0 Å². The molecule has 1 aromatic carbocycles. The van der Waals surface area contributed by atoms with Gasteiger partial charge in [-0.05, 0) is 30.9 Å². The van der Waals surface area contributed by atoms with Crippen LogP contribution in [0.15, 0.2) is 30.3 Å². The first-order chi connectivity index (χ1) is 13.3. The minimum absolute atomic E-state index is 0.0644. The molecule has 0 aliphatic heterocycles. The number of benzene rings is 1. The van der Waals surface area contributed by atoms with Crippen molar-refractivity contribution in [1.29, 1.82) is 0 Å². The molecule has 0 aliphatic rings. The minimum Gasteiger partial charge on any atom is -0.371 e. The molecule has 0 saturated heterocycles. The van der Waals surface area contributed by atoms with Crippen molar-refractivity contribution >= 4 is 11.6 Å². The summed E-state index contributed by atoms with van der Waals surface area (Å²) in [5.41, 5.74) is 0.828. The second kappa shape index (κ2) is 16.8. The lowest BCUT2D eigenvalue weighted by molar-refractivity contribution is -0.121. The average molecular weight is 376 g/mol. The normalized spacial score (nSPS) is 12.1. The zero-order chi connectivity index (χ0) is 19.6. The van der Waals surface area contributed by atoms with Gasteiger partial charge < -0.3 is 10.1 Å². The van der Waals surface area contributed by atoms with Crippen molar-refractivity contribution < 1.29 is 9.53 Å². The quantitative estimate of drug-likeness (QED) is 0.298. The SMILES string of the molecule is CCCCCCCCC(CCCCCC)COCC(=O)Nc1ccccc1. The molecule has 1 N–H and O–H groups in total. The molecule has 0 saturated carbocycles. The predicted octanol–water partition coefficient (Wildman–Crippen LogP) is 6.98. The summed E-state index contributed by atoms with van der Waals surface area (Å²) in [4.78, 5) is 12.0. The monoisotopic (exact) mass is 375 g/mol. The zero-order valence-corrected chi connectivity index (χ0v) is 17.7. The topological polar surface area (TPSA) is 38.3 Å². The maximum atomic E-state index is 12.0. The molecule has 0 aliphatic carbocycles. The maximum absolute atomic E-state index is 12.0. The van der Waals surface area contributed by atoms with Gasteiger partial charge in [0, 0.05) is 5.69 Å². The summed E-state index contributed by atoms with van der Waals surface area (Å²) < 4.78 is 5.77. The molecule has 0 spiro atoms. The van der Waals surface area contributed by atoms with E-state index in [9.17, 15) is 4.79 Å². The van der Waals surface area contributed by atoms with E-state index in [0.717, 1.165) is 5.69 Å². The molecule has 0 heterocycles. The summed E-state index contributed by atoms with van der Waals surface area (Å²) in [5.74, 6) is 0.531. The van der Waals surface area contributed by atoms with Gasteiger partial charge in [0.05, 0.1) is 6.61 Å². The molecule has 0 fully saturated rings. The number of anilines is 1. The summed E-state index contributed by atoms with van der Waals surface area (Å²) in [7, 11) is 0. The maximum Gasteiger partial charge on any atom is 0.250 e. The molecule has 1 aromatic rings. The Labute approximate surface area is 167 Å². The van der Waals surface area contributed by atoms with Gasteiger partial charge in [-0.15, -0.1) is 0 Å². The smallest absolute Gasteiger partial charge is 0.250 e. The van der Waals surface area contributed by atoms with Crippen LogP contribution < -0.4 is 5.32 Å². The van der Waals surface area contributed by atoms with Crippen molar-refractivity contribution in [2.75, 3.05) is 18.5 Å². The molecule has 0 aromatic heterocycles. The molecule has 3 heteroatoms. The number of para-hydroxylation sites is 1. The van der Waals surface area contributed by atoms with E-state index in [2.05, 4.69) is 19.2 Å². The van der Waals surface area contributed by atoms with Gasteiger partial charge >= 0.3 is 0 Å². The highest BCUT2D eigenvalue weighted by molar-refractivity contribution is 5.91. The Bertz CT molecular complexity index is 461. The number of carbonyl (C=O) groups excluding carboxylic acids is 1. The number of hydrogen-bond donors (Lipinski definition) is 1. The standard InChI is InChI=1S/C24H41NO2/c1-3-5-7-9-10-13-17-22(16-12-8-6-4-2)20-27-21-24(26)25-23-18-14-11-15-19-23/h11,14-15,18-19,22H,3-10,12-13,16-17,20-21H2,1-2H3,(H,25,26). The number of rotatable bonds is 17. The van der Waals surface area contributed by atoms with Gasteiger partial charge in [0.1, 0.15) is 6.61 Å². The van der Waals surface area contributed by atoms with Gasteiger partial charge in [0.25, 0.3) is 0 Å². The number of unbranched alkanes of at least 4 members (excludes halogenated alkanes) is 8. The van der Waals surface area contributed by atoms with Crippen LogP contribution >= 0.6 is 0 Å². The summed E-state index contributed by atoms with van der Waals surface area (Å²) in [6.45, 7) is 5.38. The third kappa shape index (κ3) is 13.5. The van der Waals surface area contributed by atoms with Crippen LogP contribution in [0.1, 0.15) is 90.9 Å². The molecule has 3 nitrogen and oxygen atoms in total. The van der Waals surface area contributed by atoms with Gasteiger partial charge in [0.15, 0.2) is 0 Å². The van der Waals surface area contributed by atoms with Crippen LogP contribution in [0.25, 0.3) is 0 Å². The second-order valence-electron chi connectivity index (χ2n) is 7.70.